The lowest BCUT2D eigenvalue weighted by atomic mass is 9.64. The summed E-state index contributed by atoms with van der Waals surface area (Å²) in [4.78, 5) is 65.6. The summed E-state index contributed by atoms with van der Waals surface area (Å²) in [6.45, 7) is 1.99. The highest BCUT2D eigenvalue weighted by atomic mass is 32.1. The van der Waals surface area contributed by atoms with Crippen LogP contribution in [0.1, 0.15) is 77.7 Å². The molecule has 1 aliphatic carbocycles. The second kappa shape index (κ2) is 12.2. The Morgan fingerprint density at radius 3 is 2.57 bits per heavy atom. The fourth-order valence-corrected chi connectivity index (χ4v) is 8.75. The molecule has 2 aliphatic heterocycles. The zero-order valence-corrected chi connectivity index (χ0v) is 27.2. The van der Waals surface area contributed by atoms with Crippen molar-refractivity contribution in [2.24, 2.45) is 5.92 Å². The van der Waals surface area contributed by atoms with Crippen molar-refractivity contribution in [2.45, 2.75) is 87.7 Å². The SMILES string of the molecule is COC1(c2cnccc2C)CC(C(=O)[C@@H]2CC[C@@H]3CCCC[C@H](NC(=O)c4cc5cc(C(F)(F)P(=O)(O)O)ccc5s4)C(=O)N32)C1. The number of pyridine rings is 1. The number of rotatable bonds is 8. The highest BCUT2D eigenvalue weighted by Gasteiger charge is 2.54. The van der Waals surface area contributed by atoms with Crippen molar-refractivity contribution in [1.29, 1.82) is 0 Å². The van der Waals surface area contributed by atoms with Gasteiger partial charge in [-0.25, -0.2) is 0 Å². The van der Waals surface area contributed by atoms with Crippen LogP contribution in [0.4, 0.5) is 8.78 Å². The third kappa shape index (κ3) is 5.70. The fourth-order valence-electron chi connectivity index (χ4n) is 7.33. The number of Topliss-reactive ketones (excluding diaryl/α,β-unsaturated/α-hetero) is 1. The van der Waals surface area contributed by atoms with Gasteiger partial charge in [-0.1, -0.05) is 18.9 Å². The summed E-state index contributed by atoms with van der Waals surface area (Å²) in [5.74, 6) is -1.10. The predicted octanol–water partition coefficient (Wildman–Crippen LogP) is 5.38. The smallest absolute Gasteiger partial charge is 0.373 e. The van der Waals surface area contributed by atoms with Crippen LogP contribution in [0.3, 0.4) is 0 Å². The maximum Gasteiger partial charge on any atom is 0.399 e. The lowest BCUT2D eigenvalue weighted by molar-refractivity contribution is -0.156. The number of amides is 2. The Morgan fingerprint density at radius 1 is 1.13 bits per heavy atom. The molecule has 2 amide bonds. The topological polar surface area (TPSA) is 146 Å². The number of halogens is 2. The molecule has 3 aromatic rings. The monoisotopic (exact) mass is 675 g/mol. The lowest BCUT2D eigenvalue weighted by Gasteiger charge is -2.48. The average molecular weight is 676 g/mol. The van der Waals surface area contributed by atoms with Crippen molar-refractivity contribution in [3.8, 4) is 0 Å². The van der Waals surface area contributed by atoms with Crippen molar-refractivity contribution in [3.63, 3.8) is 0 Å². The number of carbonyl (C=O) groups excluding carboxylic acids is 3. The van der Waals surface area contributed by atoms with E-state index in [1.165, 1.54) is 12.1 Å². The number of thiophene rings is 1. The van der Waals surface area contributed by atoms with Gasteiger partial charge in [-0.3, -0.25) is 23.9 Å². The Morgan fingerprint density at radius 2 is 1.87 bits per heavy atom. The minimum Gasteiger partial charge on any atom is -0.373 e. The number of carbonyl (C=O) groups is 3. The number of ether oxygens (including phenoxy) is 1. The van der Waals surface area contributed by atoms with Crippen LogP contribution < -0.4 is 5.32 Å². The number of hydrogen-bond donors (Lipinski definition) is 3. The van der Waals surface area contributed by atoms with Crippen LogP contribution in [0.5, 0.6) is 0 Å². The maximum atomic E-state index is 14.3. The van der Waals surface area contributed by atoms with Gasteiger partial charge >= 0.3 is 13.3 Å². The summed E-state index contributed by atoms with van der Waals surface area (Å²) in [7, 11) is -4.11. The number of aromatic nitrogens is 1. The zero-order chi connectivity index (χ0) is 33.0. The first-order valence-electron chi connectivity index (χ1n) is 15.4. The van der Waals surface area contributed by atoms with Gasteiger partial charge < -0.3 is 24.7 Å². The Kier molecular flexibility index (Phi) is 8.69. The summed E-state index contributed by atoms with van der Waals surface area (Å²) < 4.78 is 46.3. The quantitative estimate of drug-likeness (QED) is 0.270. The Bertz CT molecular complexity index is 1740. The first-order valence-corrected chi connectivity index (χ1v) is 17.8. The predicted molar refractivity (Wildman–Crippen MR) is 167 cm³/mol. The van der Waals surface area contributed by atoms with E-state index < -0.39 is 42.4 Å². The van der Waals surface area contributed by atoms with Gasteiger partial charge in [0.15, 0.2) is 5.78 Å². The van der Waals surface area contributed by atoms with Crippen LogP contribution in [-0.4, -0.2) is 62.5 Å². The second-order valence-electron chi connectivity index (χ2n) is 12.6. The summed E-state index contributed by atoms with van der Waals surface area (Å²) in [5, 5.41) is 3.06. The van der Waals surface area contributed by atoms with Gasteiger partial charge in [0, 0.05) is 47.3 Å². The highest BCUT2D eigenvalue weighted by molar-refractivity contribution is 7.52. The molecule has 14 heteroatoms. The van der Waals surface area contributed by atoms with Crippen LogP contribution in [-0.2, 0) is 30.2 Å². The van der Waals surface area contributed by atoms with Gasteiger partial charge in [-0.05, 0) is 80.7 Å². The molecule has 0 spiro atoms. The number of fused-ring (bicyclic) bond motifs is 2. The molecule has 0 bridgehead atoms. The average Bonchev–Trinajstić information content (AvgIpc) is 3.61. The van der Waals surface area contributed by atoms with Crippen LogP contribution in [0.2, 0.25) is 0 Å². The van der Waals surface area contributed by atoms with E-state index in [0.717, 1.165) is 53.9 Å². The van der Waals surface area contributed by atoms with E-state index in [2.05, 4.69) is 10.3 Å². The minimum atomic E-state index is -5.75. The van der Waals surface area contributed by atoms with Crippen molar-refractivity contribution in [1.82, 2.24) is 15.2 Å². The van der Waals surface area contributed by atoms with E-state index in [-0.39, 0.29) is 33.9 Å². The van der Waals surface area contributed by atoms with Gasteiger partial charge in [-0.15, -0.1) is 11.3 Å². The Balaban J connectivity index is 1.18. The molecule has 1 aromatic carbocycles. The molecule has 1 saturated carbocycles. The molecule has 10 nitrogen and oxygen atoms in total. The summed E-state index contributed by atoms with van der Waals surface area (Å²) in [6.07, 6.45) is 8.54. The molecular weight excluding hydrogens is 639 g/mol. The van der Waals surface area contributed by atoms with Crippen LogP contribution in [0, 0.1) is 12.8 Å². The minimum absolute atomic E-state index is 0.0168. The third-order valence-corrected chi connectivity index (χ3v) is 12.0. The molecule has 4 heterocycles. The molecule has 2 aromatic heterocycles. The van der Waals surface area contributed by atoms with Crippen molar-refractivity contribution >= 4 is 46.6 Å². The molecule has 2 saturated heterocycles. The van der Waals surface area contributed by atoms with E-state index in [4.69, 9.17) is 14.5 Å². The van der Waals surface area contributed by atoms with Crippen molar-refractivity contribution < 1.29 is 42.3 Å². The summed E-state index contributed by atoms with van der Waals surface area (Å²) in [6, 6.07) is 4.94. The molecule has 3 atom stereocenters. The Hall–Kier alpha value is -3.09. The van der Waals surface area contributed by atoms with Gasteiger partial charge in [0.2, 0.25) is 5.91 Å². The number of hydrogen-bond acceptors (Lipinski definition) is 7. The van der Waals surface area contributed by atoms with Crippen molar-refractivity contribution in [3.05, 3.63) is 64.3 Å². The Labute approximate surface area is 268 Å². The molecule has 3 N–H and O–H groups in total. The molecule has 246 valence electrons. The molecule has 46 heavy (non-hydrogen) atoms. The molecule has 6 rings (SSSR count). The lowest BCUT2D eigenvalue weighted by Crippen LogP contribution is -2.57. The van der Waals surface area contributed by atoms with Gasteiger partial charge in [0.25, 0.3) is 5.91 Å². The zero-order valence-electron chi connectivity index (χ0n) is 25.4. The first-order chi connectivity index (χ1) is 21.8. The van der Waals surface area contributed by atoms with Crippen LogP contribution in [0.15, 0.2) is 42.7 Å². The number of aryl methyl sites for hydroxylation is 1. The molecule has 0 radical (unpaired) electrons. The number of nitrogens with zero attached hydrogens (tertiary/aromatic N) is 2. The van der Waals surface area contributed by atoms with Gasteiger partial charge in [0.1, 0.15) is 6.04 Å². The molecule has 3 aliphatic rings. The van der Waals surface area contributed by atoms with E-state index in [9.17, 15) is 27.7 Å². The molecule has 3 fully saturated rings. The van der Waals surface area contributed by atoms with Crippen LogP contribution in [0.25, 0.3) is 10.1 Å². The third-order valence-electron chi connectivity index (χ3n) is 9.90. The number of ketones is 1. The number of methoxy groups -OCH3 is 1. The van der Waals surface area contributed by atoms with Crippen LogP contribution >= 0.6 is 18.9 Å². The van der Waals surface area contributed by atoms with Crippen molar-refractivity contribution in [2.75, 3.05) is 7.11 Å². The summed E-state index contributed by atoms with van der Waals surface area (Å²) in [5.41, 5.74) is -3.82. The standard InChI is InChI=1S/C32H36F2N3O7PS/c1-18-11-12-35-17-23(18)31(44-2)15-20(16-31)28(38)25-9-8-22-5-3-4-6-24(30(40)37(22)25)36-29(39)27-14-19-13-21(7-10-26(19)46-27)32(33,34)45(41,42)43/h7,10-14,17,20,22,24-25H,3-6,8-9,15-16H2,1-2H3,(H,36,39)(H2,41,42,43)/t20?,22-,24-,25-,31?/m0/s1. The normalized spacial score (nSPS) is 27.1. The molecular formula is C32H36F2N3O7PS. The number of alkyl halides is 2. The second-order valence-corrected chi connectivity index (χ2v) is 15.4. The van der Waals surface area contributed by atoms with Gasteiger partial charge in [0.05, 0.1) is 16.5 Å². The van der Waals surface area contributed by atoms with Gasteiger partial charge in [-0.2, -0.15) is 8.78 Å². The van der Waals surface area contributed by atoms with E-state index in [1.807, 2.05) is 13.0 Å². The van der Waals surface area contributed by atoms with E-state index in [0.29, 0.717) is 36.8 Å². The fraction of sp³-hybridized carbons (Fsp3) is 0.500. The summed E-state index contributed by atoms with van der Waals surface area (Å²) >= 11 is 1.03. The molecule has 0 unspecified atom stereocenters. The maximum absolute atomic E-state index is 14.3. The number of benzene rings is 1. The largest absolute Gasteiger partial charge is 0.399 e. The van der Waals surface area contributed by atoms with E-state index >= 15 is 0 Å². The first kappa shape index (κ1) is 32.8. The highest BCUT2D eigenvalue weighted by Crippen LogP contribution is 2.59. The number of nitrogens with one attached hydrogen (secondary N) is 1. The van der Waals surface area contributed by atoms with E-state index in [1.54, 1.807) is 24.4 Å².